The van der Waals surface area contributed by atoms with E-state index >= 15 is 0 Å². The fourth-order valence-electron chi connectivity index (χ4n) is 2.25. The van der Waals surface area contributed by atoms with Crippen LogP contribution in [0.15, 0.2) is 64.5 Å². The summed E-state index contributed by atoms with van der Waals surface area (Å²) in [4.78, 5) is 3.41. The smallest absolute Gasteiger partial charge is 0.292 e. The van der Waals surface area contributed by atoms with Crippen LogP contribution in [0.2, 0.25) is 0 Å². The summed E-state index contributed by atoms with van der Waals surface area (Å²) >= 11 is 0. The molecule has 0 atom stereocenters. The first-order valence-electron chi connectivity index (χ1n) is 7.27. The van der Waals surface area contributed by atoms with Crippen molar-refractivity contribution in [3.05, 3.63) is 60.2 Å². The molecule has 1 aromatic heterocycles. The van der Waals surface area contributed by atoms with E-state index in [0.29, 0.717) is 5.56 Å². The molecule has 0 bridgehead atoms. The van der Waals surface area contributed by atoms with Gasteiger partial charge in [-0.05, 0) is 24.3 Å². The molecule has 0 fully saturated rings. The van der Waals surface area contributed by atoms with E-state index in [1.807, 2.05) is 6.92 Å². The number of alkyl halides is 3. The predicted octanol–water partition coefficient (Wildman–Crippen LogP) is 3.03. The Kier molecular flexibility index (Phi) is 4.45. The van der Waals surface area contributed by atoms with Gasteiger partial charge < -0.3 is 0 Å². The summed E-state index contributed by atoms with van der Waals surface area (Å²) in [5.41, 5.74) is 0.945. The number of hydrogen-bond donors (Lipinski definition) is 0. The lowest BCUT2D eigenvalue weighted by atomic mass is 10.1. The van der Waals surface area contributed by atoms with Crippen LogP contribution in [0.5, 0.6) is 0 Å². The zero-order valence-electron chi connectivity index (χ0n) is 13.3. The molecule has 136 valence electrons. The molecule has 0 spiro atoms. The molecule has 0 saturated heterocycles. The first-order chi connectivity index (χ1) is 12.2. The minimum atomic E-state index is -5.14. The molecule has 0 saturated carbocycles. The van der Waals surface area contributed by atoms with Crippen molar-refractivity contribution in [2.45, 2.75) is 23.2 Å². The van der Waals surface area contributed by atoms with Crippen LogP contribution in [0.25, 0.3) is 11.3 Å². The van der Waals surface area contributed by atoms with Crippen LogP contribution in [0.4, 0.5) is 13.2 Å². The molecule has 6 nitrogen and oxygen atoms in total. The van der Waals surface area contributed by atoms with E-state index < -0.39 is 21.2 Å². The van der Waals surface area contributed by atoms with Crippen LogP contribution >= 0.6 is 0 Å². The molecule has 1 heterocycles. The van der Waals surface area contributed by atoms with Gasteiger partial charge in [-0.1, -0.05) is 52.9 Å². The zero-order chi connectivity index (χ0) is 18.9. The third-order valence-electron chi connectivity index (χ3n) is 3.43. The number of halogens is 3. The number of aryl methyl sites for hydroxylation is 1. The molecular formula is C16H12F3N3O3S. The van der Waals surface area contributed by atoms with E-state index in [4.69, 9.17) is 0 Å². The summed E-state index contributed by atoms with van der Waals surface area (Å²) in [6.07, 6.45) is -5.14. The maximum absolute atomic E-state index is 12.9. The van der Waals surface area contributed by atoms with Gasteiger partial charge in [-0.15, -0.1) is 18.3 Å². The predicted molar refractivity (Wildman–Crippen MR) is 84.7 cm³/mol. The maximum Gasteiger partial charge on any atom is 0.593 e. The second kappa shape index (κ2) is 6.45. The highest BCUT2D eigenvalue weighted by atomic mass is 32.2. The lowest BCUT2D eigenvalue weighted by Crippen LogP contribution is -2.30. The van der Waals surface area contributed by atoms with Gasteiger partial charge in [-0.3, -0.25) is 4.84 Å². The molecule has 3 aromatic rings. The van der Waals surface area contributed by atoms with Gasteiger partial charge in [-0.2, -0.15) is 0 Å². The Hall–Kier alpha value is -2.88. The van der Waals surface area contributed by atoms with Crippen LogP contribution < -0.4 is 4.84 Å². The SMILES string of the molecule is Cc1ccc(-c2nnn(OC(F)(F)F)c2S(=O)(=O)c2ccccc2)cc1. The van der Waals surface area contributed by atoms with E-state index in [-0.39, 0.29) is 15.4 Å². The molecule has 26 heavy (non-hydrogen) atoms. The Balaban J connectivity index is 2.23. The minimum Gasteiger partial charge on any atom is -0.292 e. The quantitative estimate of drug-likeness (QED) is 0.692. The van der Waals surface area contributed by atoms with Crippen molar-refractivity contribution in [1.82, 2.24) is 15.2 Å². The summed E-state index contributed by atoms with van der Waals surface area (Å²) < 4.78 is 63.8. The molecule has 0 aliphatic heterocycles. The third-order valence-corrected chi connectivity index (χ3v) is 5.18. The van der Waals surface area contributed by atoms with Gasteiger partial charge in [-0.25, -0.2) is 8.42 Å². The highest BCUT2D eigenvalue weighted by molar-refractivity contribution is 7.91. The summed E-state index contributed by atoms with van der Waals surface area (Å²) in [5, 5.41) is 6.04. The van der Waals surface area contributed by atoms with Crippen molar-refractivity contribution in [3.8, 4) is 11.3 Å². The van der Waals surface area contributed by atoms with Crippen LogP contribution in [-0.4, -0.2) is 29.9 Å². The van der Waals surface area contributed by atoms with E-state index in [9.17, 15) is 21.6 Å². The van der Waals surface area contributed by atoms with Gasteiger partial charge >= 0.3 is 6.36 Å². The molecule has 0 N–H and O–H groups in total. The topological polar surface area (TPSA) is 74.1 Å². The number of hydrogen-bond acceptors (Lipinski definition) is 5. The van der Waals surface area contributed by atoms with Crippen LogP contribution in [0.1, 0.15) is 5.56 Å². The molecule has 0 amide bonds. The second-order valence-corrected chi connectivity index (χ2v) is 7.20. The summed E-state index contributed by atoms with van der Waals surface area (Å²) in [7, 11) is -4.37. The van der Waals surface area contributed by atoms with Crippen molar-refractivity contribution in [2.75, 3.05) is 0 Å². The van der Waals surface area contributed by atoms with Crippen molar-refractivity contribution in [2.24, 2.45) is 0 Å². The Bertz CT molecular complexity index is 1010. The Morgan fingerprint density at radius 1 is 1.00 bits per heavy atom. The van der Waals surface area contributed by atoms with E-state index in [1.165, 1.54) is 24.3 Å². The van der Waals surface area contributed by atoms with Gasteiger partial charge in [0, 0.05) is 5.56 Å². The fraction of sp³-hybridized carbons (Fsp3) is 0.125. The van der Waals surface area contributed by atoms with Crippen LogP contribution in [0.3, 0.4) is 0 Å². The average molecular weight is 383 g/mol. The number of rotatable bonds is 4. The van der Waals surface area contributed by atoms with Crippen molar-refractivity contribution < 1.29 is 26.4 Å². The molecule has 0 aliphatic carbocycles. The van der Waals surface area contributed by atoms with Crippen molar-refractivity contribution in [3.63, 3.8) is 0 Å². The highest BCUT2D eigenvalue weighted by Crippen LogP contribution is 2.30. The molecule has 0 radical (unpaired) electrons. The summed E-state index contributed by atoms with van der Waals surface area (Å²) in [5.74, 6) is 0. The van der Waals surface area contributed by atoms with E-state index in [0.717, 1.165) is 5.56 Å². The minimum absolute atomic E-state index is 0.114. The van der Waals surface area contributed by atoms with Gasteiger partial charge in [0.25, 0.3) is 0 Å². The van der Waals surface area contributed by atoms with Crippen LogP contribution in [0, 0.1) is 6.92 Å². The zero-order valence-corrected chi connectivity index (χ0v) is 14.1. The number of benzene rings is 2. The summed E-state index contributed by atoms with van der Waals surface area (Å²) in [6.45, 7) is 1.81. The largest absolute Gasteiger partial charge is 0.593 e. The standard InChI is InChI=1S/C16H12F3N3O3S/c1-11-7-9-12(10-8-11)14-15(22(21-20-14)25-16(17,18)19)26(23,24)13-5-3-2-4-6-13/h2-10H,1H3. The first kappa shape index (κ1) is 17.9. The molecule has 3 rings (SSSR count). The number of sulfone groups is 1. The lowest BCUT2D eigenvalue weighted by molar-refractivity contribution is -0.332. The van der Waals surface area contributed by atoms with Crippen molar-refractivity contribution in [1.29, 1.82) is 0 Å². The van der Waals surface area contributed by atoms with Crippen molar-refractivity contribution >= 4 is 9.84 Å². The number of aromatic nitrogens is 3. The average Bonchev–Trinajstić information content (AvgIpc) is 2.98. The van der Waals surface area contributed by atoms with Gasteiger partial charge in [0.1, 0.15) is 5.69 Å². The lowest BCUT2D eigenvalue weighted by Gasteiger charge is -2.11. The van der Waals surface area contributed by atoms with Crippen LogP contribution in [-0.2, 0) is 9.84 Å². The Labute approximate surface area is 146 Å². The first-order valence-corrected chi connectivity index (χ1v) is 8.76. The van der Waals surface area contributed by atoms with Gasteiger partial charge in [0.15, 0.2) is 0 Å². The van der Waals surface area contributed by atoms with Gasteiger partial charge in [0.2, 0.25) is 14.9 Å². The molecule has 10 heteroatoms. The molecular weight excluding hydrogens is 371 g/mol. The second-order valence-electron chi connectivity index (χ2n) is 5.34. The molecule has 0 unspecified atom stereocenters. The number of nitrogens with zero attached hydrogens (tertiary/aromatic N) is 3. The Morgan fingerprint density at radius 2 is 1.62 bits per heavy atom. The highest BCUT2D eigenvalue weighted by Gasteiger charge is 2.38. The van der Waals surface area contributed by atoms with Gasteiger partial charge in [0.05, 0.1) is 4.90 Å². The van der Waals surface area contributed by atoms with E-state index in [2.05, 4.69) is 15.1 Å². The normalized spacial score (nSPS) is 12.2. The molecule has 0 aliphatic rings. The maximum atomic E-state index is 12.9. The monoisotopic (exact) mass is 383 g/mol. The van der Waals surface area contributed by atoms with E-state index in [1.54, 1.807) is 30.3 Å². The third kappa shape index (κ3) is 3.54. The molecule has 2 aromatic carbocycles. The summed E-state index contributed by atoms with van der Waals surface area (Å²) in [6, 6.07) is 13.5. The Morgan fingerprint density at radius 3 is 2.19 bits per heavy atom. The fourth-order valence-corrected chi connectivity index (χ4v) is 3.68.